The van der Waals surface area contributed by atoms with Crippen LogP contribution in [0.1, 0.15) is 80.6 Å². The van der Waals surface area contributed by atoms with E-state index in [9.17, 15) is 9.59 Å². The lowest BCUT2D eigenvalue weighted by Crippen LogP contribution is -2.49. The molecule has 0 spiro atoms. The van der Waals surface area contributed by atoms with Crippen LogP contribution in [-0.2, 0) is 17.6 Å². The zero-order chi connectivity index (χ0) is 26.9. The molecule has 1 aliphatic carbocycles. The van der Waals surface area contributed by atoms with E-state index in [1.165, 1.54) is 19.3 Å². The smallest absolute Gasteiger partial charge is 0.237 e. The summed E-state index contributed by atoms with van der Waals surface area (Å²) in [6.07, 6.45) is 11.5. The molecular formula is C31H40N4O3. The molecule has 2 atom stereocenters. The van der Waals surface area contributed by atoms with Crippen LogP contribution in [0.2, 0.25) is 0 Å². The number of rotatable bonds is 12. The van der Waals surface area contributed by atoms with Crippen molar-refractivity contribution in [3.8, 4) is 11.5 Å². The lowest BCUT2D eigenvalue weighted by Gasteiger charge is -2.25. The van der Waals surface area contributed by atoms with Gasteiger partial charge in [-0.3, -0.25) is 14.6 Å². The van der Waals surface area contributed by atoms with E-state index in [1.807, 2.05) is 30.3 Å². The number of oxazole rings is 1. The number of nitrogens with two attached hydrogens (primary N) is 1. The van der Waals surface area contributed by atoms with E-state index in [0.717, 1.165) is 24.0 Å². The largest absolute Gasteiger partial charge is 0.433 e. The fourth-order valence-electron chi connectivity index (χ4n) is 5.24. The highest BCUT2D eigenvalue weighted by Crippen LogP contribution is 2.28. The number of benzene rings is 1. The van der Waals surface area contributed by atoms with Gasteiger partial charge in [0, 0.05) is 18.0 Å². The predicted molar refractivity (Wildman–Crippen MR) is 148 cm³/mol. The Labute approximate surface area is 225 Å². The van der Waals surface area contributed by atoms with Crippen molar-refractivity contribution in [1.82, 2.24) is 15.3 Å². The quantitative estimate of drug-likeness (QED) is 0.306. The Kier molecular flexibility index (Phi) is 9.82. The molecule has 38 heavy (non-hydrogen) atoms. The minimum Gasteiger partial charge on any atom is -0.433 e. The summed E-state index contributed by atoms with van der Waals surface area (Å²) in [4.78, 5) is 35.9. The number of ketones is 1. The molecule has 2 unspecified atom stereocenters. The van der Waals surface area contributed by atoms with E-state index in [1.54, 1.807) is 24.5 Å². The summed E-state index contributed by atoms with van der Waals surface area (Å²) in [6, 6.07) is 12.2. The second-order valence-electron chi connectivity index (χ2n) is 10.9. The van der Waals surface area contributed by atoms with Crippen LogP contribution in [0.15, 0.2) is 59.3 Å². The molecule has 1 fully saturated rings. The molecule has 1 aliphatic rings. The van der Waals surface area contributed by atoms with Gasteiger partial charge in [-0.25, -0.2) is 4.98 Å². The molecule has 1 saturated carbocycles. The highest BCUT2D eigenvalue weighted by atomic mass is 16.4. The third-order valence-corrected chi connectivity index (χ3v) is 7.30. The summed E-state index contributed by atoms with van der Waals surface area (Å²) in [5, 5.41) is 2.99. The van der Waals surface area contributed by atoms with Gasteiger partial charge in [-0.15, -0.1) is 0 Å². The predicted octanol–water partition coefficient (Wildman–Crippen LogP) is 5.53. The molecule has 7 heteroatoms. The normalized spacial score (nSPS) is 15.8. The molecule has 202 valence electrons. The van der Waals surface area contributed by atoms with Crippen LogP contribution in [0.5, 0.6) is 0 Å². The van der Waals surface area contributed by atoms with Crippen LogP contribution in [0.4, 0.5) is 0 Å². The van der Waals surface area contributed by atoms with Gasteiger partial charge in [0.25, 0.3) is 0 Å². The minimum absolute atomic E-state index is 0.213. The van der Waals surface area contributed by atoms with Gasteiger partial charge in [-0.1, -0.05) is 76.3 Å². The van der Waals surface area contributed by atoms with Gasteiger partial charge in [0.15, 0.2) is 5.76 Å². The maximum atomic E-state index is 14.0. The molecule has 1 aromatic carbocycles. The maximum Gasteiger partial charge on any atom is 0.237 e. The Bertz CT molecular complexity index is 1170. The maximum absolute atomic E-state index is 14.0. The summed E-state index contributed by atoms with van der Waals surface area (Å²) in [6.45, 7) is 4.15. The number of carbonyl (C=O) groups is 2. The van der Waals surface area contributed by atoms with Crippen LogP contribution in [0.25, 0.3) is 11.5 Å². The van der Waals surface area contributed by atoms with Gasteiger partial charge >= 0.3 is 0 Å². The highest BCUT2D eigenvalue weighted by Gasteiger charge is 2.31. The number of carbonyl (C=O) groups excluding carboxylic acids is 2. The highest BCUT2D eigenvalue weighted by molar-refractivity contribution is 6.01. The second kappa shape index (κ2) is 13.5. The SMILES string of the molecule is CC(C)Cc1nc(-c2ccncc2)oc1C(=O)C(CCc1ccccc1)NC(=O)C(N)CC1CCCCC1. The van der Waals surface area contributed by atoms with Crippen molar-refractivity contribution >= 4 is 11.7 Å². The minimum atomic E-state index is -0.760. The molecule has 7 nitrogen and oxygen atoms in total. The van der Waals surface area contributed by atoms with E-state index < -0.39 is 12.1 Å². The number of hydrogen-bond donors (Lipinski definition) is 2. The molecule has 0 saturated heterocycles. The molecule has 0 bridgehead atoms. The Morgan fingerprint density at radius 3 is 2.45 bits per heavy atom. The van der Waals surface area contributed by atoms with Crippen molar-refractivity contribution in [2.75, 3.05) is 0 Å². The molecule has 3 aromatic rings. The van der Waals surface area contributed by atoms with Gasteiger partial charge in [0.2, 0.25) is 17.6 Å². The van der Waals surface area contributed by atoms with E-state index >= 15 is 0 Å². The van der Waals surface area contributed by atoms with E-state index in [4.69, 9.17) is 10.2 Å². The molecule has 0 aliphatic heterocycles. The standard InChI is InChI=1S/C31H40N4O3/c1-21(2)19-27-29(38-31(35-27)24-15-17-33-18-16-24)28(36)26(14-13-22-9-5-3-6-10-22)34-30(37)25(32)20-23-11-7-4-8-12-23/h3,5-6,9-10,15-18,21,23,25-26H,4,7-8,11-14,19-20,32H2,1-2H3,(H,34,37). The summed E-state index contributed by atoms with van der Waals surface area (Å²) >= 11 is 0. The number of aromatic nitrogens is 2. The lowest BCUT2D eigenvalue weighted by atomic mass is 9.85. The molecule has 3 N–H and O–H groups in total. The number of nitrogens with one attached hydrogen (secondary N) is 1. The molecule has 1 amide bonds. The van der Waals surface area contributed by atoms with Gasteiger partial charge in [0.1, 0.15) is 0 Å². The number of hydrogen-bond acceptors (Lipinski definition) is 6. The van der Waals surface area contributed by atoms with E-state index in [2.05, 4.69) is 29.1 Å². The topological polar surface area (TPSA) is 111 Å². The Balaban J connectivity index is 1.56. The second-order valence-corrected chi connectivity index (χ2v) is 10.9. The van der Waals surface area contributed by atoms with Crippen LogP contribution >= 0.6 is 0 Å². The number of Topliss-reactive ketones (excluding diaryl/α,β-unsaturated/α-hetero) is 1. The molecule has 4 rings (SSSR count). The van der Waals surface area contributed by atoms with Gasteiger partial charge in [-0.05, 0) is 55.2 Å². The van der Waals surface area contributed by atoms with Crippen molar-refractivity contribution in [2.45, 2.75) is 83.7 Å². The average Bonchev–Trinajstić information content (AvgIpc) is 3.35. The average molecular weight is 517 g/mol. The first-order valence-corrected chi connectivity index (χ1v) is 13.9. The van der Waals surface area contributed by atoms with Gasteiger partial charge in [0.05, 0.1) is 17.8 Å². The summed E-state index contributed by atoms with van der Waals surface area (Å²) < 4.78 is 6.09. The first-order chi connectivity index (χ1) is 18.4. The Hall–Kier alpha value is -3.32. The third-order valence-electron chi connectivity index (χ3n) is 7.30. The van der Waals surface area contributed by atoms with E-state index in [0.29, 0.717) is 43.2 Å². The van der Waals surface area contributed by atoms with Crippen LogP contribution < -0.4 is 11.1 Å². The number of pyridine rings is 1. The fourth-order valence-corrected chi connectivity index (χ4v) is 5.24. The van der Waals surface area contributed by atoms with Gasteiger partial charge in [-0.2, -0.15) is 0 Å². The Morgan fingerprint density at radius 1 is 1.05 bits per heavy atom. The molecular weight excluding hydrogens is 476 g/mol. The first kappa shape index (κ1) is 27.7. The Morgan fingerprint density at radius 2 is 1.76 bits per heavy atom. The summed E-state index contributed by atoms with van der Waals surface area (Å²) in [5.74, 6) is 0.804. The van der Waals surface area contributed by atoms with E-state index in [-0.39, 0.29) is 23.4 Å². The molecule has 2 aromatic heterocycles. The number of nitrogens with zero attached hydrogens (tertiary/aromatic N) is 2. The zero-order valence-electron chi connectivity index (χ0n) is 22.6. The van der Waals surface area contributed by atoms with Crippen LogP contribution in [0.3, 0.4) is 0 Å². The fraction of sp³-hybridized carbons (Fsp3) is 0.484. The van der Waals surface area contributed by atoms with Crippen molar-refractivity contribution in [3.63, 3.8) is 0 Å². The number of aryl methyl sites for hydroxylation is 1. The number of amides is 1. The van der Waals surface area contributed by atoms with Crippen molar-refractivity contribution in [1.29, 1.82) is 0 Å². The molecule has 2 heterocycles. The summed E-state index contributed by atoms with van der Waals surface area (Å²) in [7, 11) is 0. The van der Waals surface area contributed by atoms with Crippen molar-refractivity contribution in [2.24, 2.45) is 17.6 Å². The van der Waals surface area contributed by atoms with Crippen molar-refractivity contribution < 1.29 is 14.0 Å². The first-order valence-electron chi connectivity index (χ1n) is 13.9. The van der Waals surface area contributed by atoms with Crippen molar-refractivity contribution in [3.05, 3.63) is 71.9 Å². The third kappa shape index (κ3) is 7.60. The molecule has 0 radical (unpaired) electrons. The lowest BCUT2D eigenvalue weighted by molar-refractivity contribution is -0.123. The monoisotopic (exact) mass is 516 g/mol. The van der Waals surface area contributed by atoms with Crippen LogP contribution in [0, 0.1) is 11.8 Å². The van der Waals surface area contributed by atoms with Crippen LogP contribution in [-0.4, -0.2) is 33.7 Å². The summed E-state index contributed by atoms with van der Waals surface area (Å²) in [5.41, 5.74) is 8.82. The zero-order valence-corrected chi connectivity index (χ0v) is 22.6. The van der Waals surface area contributed by atoms with Gasteiger partial charge < -0.3 is 15.5 Å².